The molecule has 1 fully saturated rings. The smallest absolute Gasteiger partial charge is 0.409 e. The summed E-state index contributed by atoms with van der Waals surface area (Å²) in [6, 6.07) is 0.365. The topological polar surface area (TPSA) is 66.0 Å². The van der Waals surface area contributed by atoms with Crippen molar-refractivity contribution in [3.05, 3.63) is 0 Å². The molecule has 23 heavy (non-hydrogen) atoms. The third kappa shape index (κ3) is 8.09. The number of nitrogens with zero attached hydrogens (tertiary/aromatic N) is 2. The van der Waals surface area contributed by atoms with Crippen LogP contribution in [0.5, 0.6) is 0 Å². The molecule has 0 aromatic rings. The molecule has 6 nitrogen and oxygen atoms in total. The number of aliphatic imine (C=N–C) groups is 1. The van der Waals surface area contributed by atoms with Gasteiger partial charge in [-0.05, 0) is 32.1 Å². The van der Waals surface area contributed by atoms with E-state index in [2.05, 4.69) is 36.4 Å². The molecular formula is C17H34N4O2. The zero-order valence-corrected chi connectivity index (χ0v) is 15.2. The average molecular weight is 326 g/mol. The number of nitrogens with one attached hydrogen (secondary N) is 2. The fourth-order valence-corrected chi connectivity index (χ4v) is 2.70. The van der Waals surface area contributed by atoms with Crippen molar-refractivity contribution in [1.29, 1.82) is 0 Å². The Balaban J connectivity index is 2.33. The quantitative estimate of drug-likeness (QED) is 0.429. The molecular weight excluding hydrogens is 292 g/mol. The van der Waals surface area contributed by atoms with Gasteiger partial charge in [0.05, 0.1) is 7.11 Å². The van der Waals surface area contributed by atoms with Crippen molar-refractivity contribution in [2.75, 3.05) is 33.3 Å². The van der Waals surface area contributed by atoms with Crippen LogP contribution in [0, 0.1) is 5.92 Å². The summed E-state index contributed by atoms with van der Waals surface area (Å²) in [4.78, 5) is 17.9. The summed E-state index contributed by atoms with van der Waals surface area (Å²) in [7, 11) is 1.43. The van der Waals surface area contributed by atoms with Crippen LogP contribution in [0.4, 0.5) is 4.79 Å². The van der Waals surface area contributed by atoms with E-state index in [1.165, 1.54) is 20.0 Å². The van der Waals surface area contributed by atoms with Crippen LogP contribution in [0.1, 0.15) is 52.9 Å². The predicted molar refractivity (Wildman–Crippen MR) is 94.8 cm³/mol. The lowest BCUT2D eigenvalue weighted by atomic mass is 10.1. The molecule has 0 bridgehead atoms. The number of rotatable bonds is 7. The van der Waals surface area contributed by atoms with Gasteiger partial charge in [0.1, 0.15) is 0 Å². The molecule has 0 aliphatic carbocycles. The molecule has 1 heterocycles. The van der Waals surface area contributed by atoms with Gasteiger partial charge in [0.2, 0.25) is 0 Å². The van der Waals surface area contributed by atoms with E-state index in [0.29, 0.717) is 6.04 Å². The van der Waals surface area contributed by atoms with E-state index in [9.17, 15) is 4.79 Å². The summed E-state index contributed by atoms with van der Waals surface area (Å²) in [5, 5.41) is 6.80. The number of unbranched alkanes of at least 4 members (excludes halogenated alkanes) is 1. The van der Waals surface area contributed by atoms with Crippen LogP contribution in [-0.2, 0) is 4.74 Å². The number of amides is 1. The highest BCUT2D eigenvalue weighted by Crippen LogP contribution is 2.11. The number of carbonyl (C=O) groups excluding carboxylic acids is 1. The number of hydrogen-bond acceptors (Lipinski definition) is 3. The Hall–Kier alpha value is -1.46. The number of hydrogen-bond donors (Lipinski definition) is 2. The normalized spacial score (nSPS) is 16.6. The Kier molecular flexibility index (Phi) is 9.48. The van der Waals surface area contributed by atoms with Crippen molar-refractivity contribution >= 4 is 12.1 Å². The molecule has 2 N–H and O–H groups in total. The molecule has 1 aliphatic heterocycles. The van der Waals surface area contributed by atoms with Crippen molar-refractivity contribution in [2.45, 2.75) is 58.9 Å². The van der Waals surface area contributed by atoms with Gasteiger partial charge >= 0.3 is 6.09 Å². The number of methoxy groups -OCH3 is 1. The molecule has 0 spiro atoms. The zero-order valence-electron chi connectivity index (χ0n) is 15.2. The highest BCUT2D eigenvalue weighted by Gasteiger charge is 2.23. The van der Waals surface area contributed by atoms with Crippen molar-refractivity contribution < 1.29 is 9.53 Å². The monoisotopic (exact) mass is 326 g/mol. The van der Waals surface area contributed by atoms with Gasteiger partial charge in [-0.15, -0.1) is 0 Å². The van der Waals surface area contributed by atoms with E-state index in [-0.39, 0.29) is 6.09 Å². The van der Waals surface area contributed by atoms with E-state index in [1.807, 2.05) is 0 Å². The summed E-state index contributed by atoms with van der Waals surface area (Å²) >= 11 is 0. The van der Waals surface area contributed by atoms with Gasteiger partial charge in [0, 0.05) is 32.2 Å². The number of piperidine rings is 1. The Morgan fingerprint density at radius 3 is 2.57 bits per heavy atom. The highest BCUT2D eigenvalue weighted by atomic mass is 16.5. The fraction of sp³-hybridized carbons (Fsp3) is 0.882. The van der Waals surface area contributed by atoms with Gasteiger partial charge in [-0.25, -0.2) is 4.79 Å². The second-order valence-corrected chi connectivity index (χ2v) is 6.53. The standard InChI is InChI=1S/C17H34N4O2/c1-5-18-16(19-11-7-6-8-14(2)3)20-15-9-12-21(13-10-15)17(22)23-4/h14-15H,5-13H2,1-4H3,(H2,18,19,20). The second-order valence-electron chi connectivity index (χ2n) is 6.53. The van der Waals surface area contributed by atoms with Crippen molar-refractivity contribution in [1.82, 2.24) is 15.5 Å². The van der Waals surface area contributed by atoms with Gasteiger partial charge < -0.3 is 20.3 Å². The maximum absolute atomic E-state index is 11.5. The lowest BCUT2D eigenvalue weighted by Gasteiger charge is -2.32. The van der Waals surface area contributed by atoms with Gasteiger partial charge in [-0.3, -0.25) is 4.99 Å². The van der Waals surface area contributed by atoms with E-state index < -0.39 is 0 Å². The van der Waals surface area contributed by atoms with Crippen LogP contribution in [0.3, 0.4) is 0 Å². The highest BCUT2D eigenvalue weighted by molar-refractivity contribution is 5.80. The van der Waals surface area contributed by atoms with Crippen LogP contribution < -0.4 is 10.6 Å². The average Bonchev–Trinajstić information content (AvgIpc) is 2.54. The number of likely N-dealkylation sites (tertiary alicyclic amines) is 1. The van der Waals surface area contributed by atoms with Crippen molar-refractivity contribution in [2.24, 2.45) is 10.9 Å². The first kappa shape index (κ1) is 19.6. The Labute approximate surface area is 141 Å². The fourth-order valence-electron chi connectivity index (χ4n) is 2.70. The van der Waals surface area contributed by atoms with Crippen LogP contribution in [0.2, 0.25) is 0 Å². The molecule has 1 amide bonds. The minimum absolute atomic E-state index is 0.228. The van der Waals surface area contributed by atoms with E-state index in [1.54, 1.807) is 4.90 Å². The maximum atomic E-state index is 11.5. The lowest BCUT2D eigenvalue weighted by molar-refractivity contribution is 0.111. The van der Waals surface area contributed by atoms with Gasteiger partial charge in [0.25, 0.3) is 0 Å². The van der Waals surface area contributed by atoms with Gasteiger partial charge in [-0.1, -0.05) is 26.7 Å². The summed E-state index contributed by atoms with van der Waals surface area (Å²) in [5.74, 6) is 1.67. The predicted octanol–water partition coefficient (Wildman–Crippen LogP) is 2.60. The third-order valence-corrected chi connectivity index (χ3v) is 4.07. The molecule has 1 aliphatic rings. The molecule has 0 saturated carbocycles. The van der Waals surface area contributed by atoms with Crippen molar-refractivity contribution in [3.63, 3.8) is 0 Å². The molecule has 1 saturated heterocycles. The Morgan fingerprint density at radius 2 is 2.00 bits per heavy atom. The number of guanidine groups is 1. The maximum Gasteiger partial charge on any atom is 0.409 e. The van der Waals surface area contributed by atoms with Crippen LogP contribution in [0.15, 0.2) is 4.99 Å². The summed E-state index contributed by atoms with van der Waals surface area (Å²) < 4.78 is 4.77. The molecule has 134 valence electrons. The van der Waals surface area contributed by atoms with Crippen molar-refractivity contribution in [3.8, 4) is 0 Å². The molecule has 0 radical (unpaired) electrons. The van der Waals surface area contributed by atoms with Gasteiger partial charge in [-0.2, -0.15) is 0 Å². The largest absolute Gasteiger partial charge is 0.453 e. The Morgan fingerprint density at radius 1 is 1.30 bits per heavy atom. The SMILES string of the molecule is CCNC(=NCCCCC(C)C)NC1CCN(C(=O)OC)CC1. The summed E-state index contributed by atoms with van der Waals surface area (Å²) in [6.07, 6.45) is 5.26. The van der Waals surface area contributed by atoms with E-state index in [4.69, 9.17) is 4.74 Å². The molecule has 1 rings (SSSR count). The molecule has 0 atom stereocenters. The minimum Gasteiger partial charge on any atom is -0.453 e. The second kappa shape index (κ2) is 11.1. The number of ether oxygens (including phenoxy) is 1. The van der Waals surface area contributed by atoms with E-state index in [0.717, 1.165) is 57.3 Å². The molecule has 0 aromatic carbocycles. The zero-order chi connectivity index (χ0) is 17.1. The Bertz CT molecular complexity index is 364. The summed E-state index contributed by atoms with van der Waals surface area (Å²) in [6.45, 7) is 9.79. The van der Waals surface area contributed by atoms with Crippen LogP contribution >= 0.6 is 0 Å². The van der Waals surface area contributed by atoms with Gasteiger partial charge in [0.15, 0.2) is 5.96 Å². The first-order valence-corrected chi connectivity index (χ1v) is 8.94. The molecule has 6 heteroatoms. The molecule has 0 unspecified atom stereocenters. The lowest BCUT2D eigenvalue weighted by Crippen LogP contribution is -2.49. The summed E-state index contributed by atoms with van der Waals surface area (Å²) in [5.41, 5.74) is 0. The molecule has 0 aromatic heterocycles. The minimum atomic E-state index is -0.228. The number of carbonyl (C=O) groups is 1. The first-order valence-electron chi connectivity index (χ1n) is 8.94. The van der Waals surface area contributed by atoms with Crippen LogP contribution in [0.25, 0.3) is 0 Å². The first-order chi connectivity index (χ1) is 11.1. The van der Waals surface area contributed by atoms with E-state index >= 15 is 0 Å². The van der Waals surface area contributed by atoms with Crippen LogP contribution in [-0.4, -0.2) is 56.3 Å². The third-order valence-electron chi connectivity index (χ3n) is 4.07.